The second-order valence-electron chi connectivity index (χ2n) is 4.23. The Morgan fingerprint density at radius 3 is 2.41 bits per heavy atom. The first-order valence-corrected chi connectivity index (χ1v) is 7.23. The average Bonchev–Trinajstić information content (AvgIpc) is 2.24. The number of rotatable bonds is 9. The van der Waals surface area contributed by atoms with E-state index in [0.717, 1.165) is 17.9 Å². The van der Waals surface area contributed by atoms with Gasteiger partial charge in [-0.15, -0.1) is 0 Å². The summed E-state index contributed by atoms with van der Waals surface area (Å²) in [6.45, 7) is 5.62. The number of thioether (sulfide) groups is 1. The van der Waals surface area contributed by atoms with Crippen molar-refractivity contribution in [3.05, 3.63) is 0 Å². The molecular weight excluding hydrogens is 238 g/mol. The number of aliphatic carboxylic acids is 1. The van der Waals surface area contributed by atoms with E-state index in [2.05, 4.69) is 6.92 Å². The number of carbonyl (C=O) groups excluding carboxylic acids is 1. The predicted molar refractivity (Wildman–Crippen MR) is 71.3 cm³/mol. The van der Waals surface area contributed by atoms with Gasteiger partial charge in [0.1, 0.15) is 6.54 Å². The Morgan fingerprint density at radius 2 is 1.94 bits per heavy atom. The molecule has 0 aromatic carbocycles. The summed E-state index contributed by atoms with van der Waals surface area (Å²) >= 11 is 1.76. The Bertz CT molecular complexity index is 244. The molecule has 5 heteroatoms. The lowest BCUT2D eigenvalue weighted by Gasteiger charge is -2.24. The molecule has 0 spiro atoms. The van der Waals surface area contributed by atoms with Crippen LogP contribution in [-0.4, -0.2) is 46.0 Å². The number of carboxylic acids is 1. The predicted octanol–water partition coefficient (Wildman–Crippen LogP) is 2.23. The number of amides is 1. The lowest BCUT2D eigenvalue weighted by atomic mass is 10.3. The maximum Gasteiger partial charge on any atom is 0.323 e. The zero-order valence-electron chi connectivity index (χ0n) is 10.9. The highest BCUT2D eigenvalue weighted by molar-refractivity contribution is 7.99. The summed E-state index contributed by atoms with van der Waals surface area (Å²) in [7, 11) is 0. The first-order valence-electron chi connectivity index (χ1n) is 6.08. The van der Waals surface area contributed by atoms with Gasteiger partial charge in [-0.3, -0.25) is 9.59 Å². The molecule has 17 heavy (non-hydrogen) atoms. The van der Waals surface area contributed by atoms with Crippen LogP contribution in [0.3, 0.4) is 0 Å². The molecule has 100 valence electrons. The molecule has 0 aliphatic rings. The molecule has 1 amide bonds. The van der Waals surface area contributed by atoms with Crippen LogP contribution in [0.25, 0.3) is 0 Å². The number of hydrogen-bond donors (Lipinski definition) is 1. The normalized spacial score (nSPS) is 10.6. The van der Waals surface area contributed by atoms with Crippen molar-refractivity contribution in [2.24, 2.45) is 0 Å². The summed E-state index contributed by atoms with van der Waals surface area (Å²) in [5.74, 6) is 0.837. The summed E-state index contributed by atoms with van der Waals surface area (Å²) in [5.41, 5.74) is 0. The van der Waals surface area contributed by atoms with E-state index in [1.54, 1.807) is 11.8 Å². The highest BCUT2D eigenvalue weighted by atomic mass is 32.2. The largest absolute Gasteiger partial charge is 0.480 e. The van der Waals surface area contributed by atoms with Gasteiger partial charge < -0.3 is 10.0 Å². The molecule has 0 saturated carbocycles. The van der Waals surface area contributed by atoms with Crippen LogP contribution in [0.2, 0.25) is 0 Å². The number of unbranched alkanes of at least 4 members (excludes halogenated alkanes) is 1. The Morgan fingerprint density at radius 1 is 1.29 bits per heavy atom. The maximum absolute atomic E-state index is 11.8. The van der Waals surface area contributed by atoms with Gasteiger partial charge >= 0.3 is 5.97 Å². The molecule has 0 rings (SSSR count). The van der Waals surface area contributed by atoms with Crippen molar-refractivity contribution in [2.45, 2.75) is 46.1 Å². The number of carboxylic acid groups (broad SMARTS) is 1. The van der Waals surface area contributed by atoms with Crippen LogP contribution in [0.15, 0.2) is 0 Å². The molecule has 0 radical (unpaired) electrons. The Balaban J connectivity index is 3.94. The quantitative estimate of drug-likeness (QED) is 0.647. The van der Waals surface area contributed by atoms with Crippen LogP contribution in [0.4, 0.5) is 0 Å². The van der Waals surface area contributed by atoms with Gasteiger partial charge in [-0.2, -0.15) is 11.8 Å². The molecule has 4 nitrogen and oxygen atoms in total. The van der Waals surface area contributed by atoms with E-state index in [-0.39, 0.29) is 18.5 Å². The Kier molecular flexibility index (Phi) is 8.94. The molecule has 0 heterocycles. The third-order valence-corrected chi connectivity index (χ3v) is 3.42. The number of nitrogens with zero attached hydrogens (tertiary/aromatic N) is 1. The third-order valence-electron chi connectivity index (χ3n) is 2.35. The summed E-state index contributed by atoms with van der Waals surface area (Å²) in [6, 6.07) is -0.0563. The minimum atomic E-state index is -0.953. The topological polar surface area (TPSA) is 57.6 Å². The van der Waals surface area contributed by atoms with Gasteiger partial charge in [-0.05, 0) is 26.0 Å². The summed E-state index contributed by atoms with van der Waals surface area (Å²) in [4.78, 5) is 23.9. The molecule has 0 fully saturated rings. The van der Waals surface area contributed by atoms with Gasteiger partial charge in [0.2, 0.25) is 5.91 Å². The molecule has 0 aliphatic heterocycles. The van der Waals surface area contributed by atoms with Crippen molar-refractivity contribution >= 4 is 23.6 Å². The fraction of sp³-hybridized carbons (Fsp3) is 0.833. The average molecular weight is 261 g/mol. The van der Waals surface area contributed by atoms with E-state index < -0.39 is 5.97 Å². The highest BCUT2D eigenvalue weighted by Gasteiger charge is 2.18. The van der Waals surface area contributed by atoms with Gasteiger partial charge in [0, 0.05) is 18.2 Å². The molecule has 1 N–H and O–H groups in total. The van der Waals surface area contributed by atoms with E-state index in [1.807, 2.05) is 13.8 Å². The van der Waals surface area contributed by atoms with Crippen LogP contribution >= 0.6 is 11.8 Å². The van der Waals surface area contributed by atoms with Crippen molar-refractivity contribution < 1.29 is 14.7 Å². The van der Waals surface area contributed by atoms with Gasteiger partial charge in [-0.1, -0.05) is 13.3 Å². The van der Waals surface area contributed by atoms with Crippen LogP contribution < -0.4 is 0 Å². The second kappa shape index (κ2) is 9.33. The van der Waals surface area contributed by atoms with Gasteiger partial charge in [0.05, 0.1) is 0 Å². The molecule has 0 bridgehead atoms. The molecule has 0 atom stereocenters. The number of hydrogen-bond acceptors (Lipinski definition) is 3. The van der Waals surface area contributed by atoms with Gasteiger partial charge in [0.15, 0.2) is 0 Å². The Hall–Kier alpha value is -0.710. The van der Waals surface area contributed by atoms with Crippen molar-refractivity contribution in [1.82, 2.24) is 4.90 Å². The SMILES string of the molecule is CCCCSCCC(=O)N(CC(=O)O)C(C)C. The fourth-order valence-electron chi connectivity index (χ4n) is 1.36. The summed E-state index contributed by atoms with van der Waals surface area (Å²) in [5, 5.41) is 8.72. The minimum absolute atomic E-state index is 0.0563. The molecule has 0 unspecified atom stereocenters. The lowest BCUT2D eigenvalue weighted by molar-refractivity contribution is -0.145. The zero-order chi connectivity index (χ0) is 13.3. The minimum Gasteiger partial charge on any atom is -0.480 e. The van der Waals surface area contributed by atoms with E-state index in [4.69, 9.17) is 5.11 Å². The molecule has 0 aliphatic carbocycles. The zero-order valence-corrected chi connectivity index (χ0v) is 11.8. The van der Waals surface area contributed by atoms with Crippen molar-refractivity contribution in [3.63, 3.8) is 0 Å². The third kappa shape index (κ3) is 8.07. The van der Waals surface area contributed by atoms with Crippen molar-refractivity contribution in [2.75, 3.05) is 18.1 Å². The molecule has 0 aromatic heterocycles. The van der Waals surface area contributed by atoms with E-state index in [9.17, 15) is 9.59 Å². The molecule has 0 saturated heterocycles. The van der Waals surface area contributed by atoms with Crippen LogP contribution in [-0.2, 0) is 9.59 Å². The highest BCUT2D eigenvalue weighted by Crippen LogP contribution is 2.09. The smallest absolute Gasteiger partial charge is 0.323 e. The van der Waals surface area contributed by atoms with Gasteiger partial charge in [0.25, 0.3) is 0 Å². The van der Waals surface area contributed by atoms with Crippen LogP contribution in [0.1, 0.15) is 40.0 Å². The van der Waals surface area contributed by atoms with Crippen LogP contribution in [0, 0.1) is 0 Å². The molecular formula is C12H23NO3S. The summed E-state index contributed by atoms with van der Waals surface area (Å²) in [6.07, 6.45) is 2.76. The number of carbonyl (C=O) groups is 2. The first kappa shape index (κ1) is 16.3. The van der Waals surface area contributed by atoms with Crippen molar-refractivity contribution in [1.29, 1.82) is 0 Å². The van der Waals surface area contributed by atoms with E-state index in [1.165, 1.54) is 11.3 Å². The summed E-state index contributed by atoms with van der Waals surface area (Å²) < 4.78 is 0. The van der Waals surface area contributed by atoms with Crippen LogP contribution in [0.5, 0.6) is 0 Å². The standard InChI is InChI=1S/C12H23NO3S/c1-4-5-7-17-8-6-11(14)13(10(2)3)9-12(15)16/h10H,4-9H2,1-3H3,(H,15,16). The molecule has 0 aromatic rings. The fourth-order valence-corrected chi connectivity index (χ4v) is 2.37. The first-order chi connectivity index (χ1) is 7.99. The maximum atomic E-state index is 11.8. The monoisotopic (exact) mass is 261 g/mol. The van der Waals surface area contributed by atoms with E-state index in [0.29, 0.717) is 6.42 Å². The van der Waals surface area contributed by atoms with Gasteiger partial charge in [-0.25, -0.2) is 0 Å². The second-order valence-corrected chi connectivity index (χ2v) is 5.45. The Labute approximate surface area is 108 Å². The lowest BCUT2D eigenvalue weighted by Crippen LogP contribution is -2.40. The van der Waals surface area contributed by atoms with E-state index >= 15 is 0 Å². The van der Waals surface area contributed by atoms with Crippen molar-refractivity contribution in [3.8, 4) is 0 Å².